The summed E-state index contributed by atoms with van der Waals surface area (Å²) in [5.41, 5.74) is 4.53. The molecule has 3 heteroatoms. The minimum atomic E-state index is -0.473. The lowest BCUT2D eigenvalue weighted by Crippen LogP contribution is -2.14. The Morgan fingerprint density at radius 1 is 1.05 bits per heavy atom. The van der Waals surface area contributed by atoms with Crippen molar-refractivity contribution in [3.63, 3.8) is 0 Å². The van der Waals surface area contributed by atoms with Gasteiger partial charge in [0, 0.05) is 4.47 Å². The SMILES string of the molecule is Cc1ccc(CC(O)Cc2ccc(F)cc2Br)cc1C. The third-order valence-electron chi connectivity index (χ3n) is 3.51. The summed E-state index contributed by atoms with van der Waals surface area (Å²) in [5, 5.41) is 10.2. The maximum Gasteiger partial charge on any atom is 0.124 e. The van der Waals surface area contributed by atoms with Crippen molar-refractivity contribution >= 4 is 15.9 Å². The molecule has 106 valence electrons. The van der Waals surface area contributed by atoms with E-state index in [2.05, 4.69) is 41.9 Å². The van der Waals surface area contributed by atoms with Gasteiger partial charge in [0.15, 0.2) is 0 Å². The zero-order chi connectivity index (χ0) is 14.7. The van der Waals surface area contributed by atoms with Crippen LogP contribution in [0.2, 0.25) is 0 Å². The molecule has 0 bridgehead atoms. The average Bonchev–Trinajstić information content (AvgIpc) is 2.37. The molecule has 0 aromatic heterocycles. The van der Waals surface area contributed by atoms with Crippen molar-refractivity contribution in [1.29, 1.82) is 0 Å². The molecule has 0 spiro atoms. The summed E-state index contributed by atoms with van der Waals surface area (Å²) in [7, 11) is 0. The number of aliphatic hydroxyl groups excluding tert-OH is 1. The van der Waals surface area contributed by atoms with Gasteiger partial charge in [0.25, 0.3) is 0 Å². The first kappa shape index (κ1) is 15.2. The van der Waals surface area contributed by atoms with Gasteiger partial charge in [-0.25, -0.2) is 4.39 Å². The molecule has 0 aliphatic carbocycles. The van der Waals surface area contributed by atoms with Crippen molar-refractivity contribution < 1.29 is 9.50 Å². The van der Waals surface area contributed by atoms with Gasteiger partial charge in [-0.3, -0.25) is 0 Å². The lowest BCUT2D eigenvalue weighted by molar-refractivity contribution is 0.175. The van der Waals surface area contributed by atoms with Crippen molar-refractivity contribution in [2.75, 3.05) is 0 Å². The Hall–Kier alpha value is -1.19. The molecule has 1 atom stereocenters. The summed E-state index contributed by atoms with van der Waals surface area (Å²) in [5.74, 6) is -0.274. The highest BCUT2D eigenvalue weighted by Gasteiger charge is 2.10. The van der Waals surface area contributed by atoms with E-state index in [0.29, 0.717) is 17.3 Å². The second kappa shape index (κ2) is 6.51. The van der Waals surface area contributed by atoms with Gasteiger partial charge in [-0.2, -0.15) is 0 Å². The number of aryl methyl sites for hydroxylation is 2. The summed E-state index contributed by atoms with van der Waals surface area (Å²) in [6, 6.07) is 10.8. The van der Waals surface area contributed by atoms with E-state index in [1.165, 1.54) is 23.3 Å². The van der Waals surface area contributed by atoms with Gasteiger partial charge in [0.05, 0.1) is 6.10 Å². The largest absolute Gasteiger partial charge is 0.392 e. The molecule has 2 aromatic rings. The zero-order valence-electron chi connectivity index (χ0n) is 11.7. The van der Waals surface area contributed by atoms with Crippen LogP contribution in [0.3, 0.4) is 0 Å². The lowest BCUT2D eigenvalue weighted by atomic mass is 9.98. The maximum atomic E-state index is 13.0. The molecule has 2 rings (SSSR count). The second-order valence-electron chi connectivity index (χ2n) is 5.22. The second-order valence-corrected chi connectivity index (χ2v) is 6.07. The summed E-state index contributed by atoms with van der Waals surface area (Å²) in [4.78, 5) is 0. The van der Waals surface area contributed by atoms with Crippen molar-refractivity contribution in [3.8, 4) is 0 Å². The minimum Gasteiger partial charge on any atom is -0.392 e. The monoisotopic (exact) mass is 336 g/mol. The van der Waals surface area contributed by atoms with Crippen LogP contribution in [0, 0.1) is 19.7 Å². The first-order chi connectivity index (χ1) is 9.45. The van der Waals surface area contributed by atoms with E-state index >= 15 is 0 Å². The van der Waals surface area contributed by atoms with Gasteiger partial charge in [-0.15, -0.1) is 0 Å². The first-order valence-corrected chi connectivity index (χ1v) is 7.43. The Bertz CT molecular complexity index is 610. The molecule has 0 aliphatic heterocycles. The van der Waals surface area contributed by atoms with E-state index in [0.717, 1.165) is 11.1 Å². The lowest BCUT2D eigenvalue weighted by Gasteiger charge is -2.13. The number of rotatable bonds is 4. The van der Waals surface area contributed by atoms with Crippen molar-refractivity contribution in [2.24, 2.45) is 0 Å². The average molecular weight is 337 g/mol. The molecular weight excluding hydrogens is 319 g/mol. The predicted octanol–water partition coefficient (Wildman–Crippen LogP) is 4.35. The number of hydrogen-bond donors (Lipinski definition) is 1. The predicted molar refractivity (Wildman–Crippen MR) is 83.4 cm³/mol. The molecule has 20 heavy (non-hydrogen) atoms. The van der Waals surface area contributed by atoms with Crippen LogP contribution in [-0.2, 0) is 12.8 Å². The first-order valence-electron chi connectivity index (χ1n) is 6.64. The Labute approximate surface area is 127 Å². The van der Waals surface area contributed by atoms with Gasteiger partial charge in [0.1, 0.15) is 5.82 Å². The summed E-state index contributed by atoms with van der Waals surface area (Å²) in [6.45, 7) is 4.15. The van der Waals surface area contributed by atoms with Crippen LogP contribution in [0.4, 0.5) is 4.39 Å². The molecule has 1 N–H and O–H groups in total. The Morgan fingerprint density at radius 2 is 1.80 bits per heavy atom. The Kier molecular flexibility index (Phi) is 4.95. The van der Waals surface area contributed by atoms with Crippen LogP contribution >= 0.6 is 15.9 Å². The van der Waals surface area contributed by atoms with Crippen LogP contribution in [0.5, 0.6) is 0 Å². The molecule has 0 aliphatic rings. The van der Waals surface area contributed by atoms with E-state index in [9.17, 15) is 9.50 Å². The van der Waals surface area contributed by atoms with E-state index < -0.39 is 6.10 Å². The maximum absolute atomic E-state index is 13.0. The molecule has 0 saturated carbocycles. The highest BCUT2D eigenvalue weighted by atomic mass is 79.9. The van der Waals surface area contributed by atoms with E-state index in [4.69, 9.17) is 0 Å². The molecule has 0 heterocycles. The molecule has 1 nitrogen and oxygen atoms in total. The number of halogens is 2. The summed E-state index contributed by atoms with van der Waals surface area (Å²) >= 11 is 3.33. The molecule has 0 saturated heterocycles. The van der Waals surface area contributed by atoms with Crippen molar-refractivity contribution in [1.82, 2.24) is 0 Å². The van der Waals surface area contributed by atoms with Crippen LogP contribution in [0.1, 0.15) is 22.3 Å². The smallest absolute Gasteiger partial charge is 0.124 e. The number of aliphatic hydroxyl groups is 1. The molecule has 2 aromatic carbocycles. The molecule has 0 radical (unpaired) electrons. The number of hydrogen-bond acceptors (Lipinski definition) is 1. The van der Waals surface area contributed by atoms with Gasteiger partial charge in [0.2, 0.25) is 0 Å². The van der Waals surface area contributed by atoms with Gasteiger partial charge < -0.3 is 5.11 Å². The standard InChI is InChI=1S/C17H18BrFO/c1-11-3-4-13(7-12(11)2)8-16(20)9-14-5-6-15(19)10-17(14)18/h3-7,10,16,20H,8-9H2,1-2H3. The van der Waals surface area contributed by atoms with Gasteiger partial charge >= 0.3 is 0 Å². The van der Waals surface area contributed by atoms with Crippen LogP contribution in [-0.4, -0.2) is 11.2 Å². The Morgan fingerprint density at radius 3 is 2.45 bits per heavy atom. The molecule has 0 amide bonds. The van der Waals surface area contributed by atoms with Gasteiger partial charge in [-0.05, 0) is 61.1 Å². The topological polar surface area (TPSA) is 20.2 Å². The molecule has 1 unspecified atom stereocenters. The third kappa shape index (κ3) is 3.90. The highest BCUT2D eigenvalue weighted by molar-refractivity contribution is 9.10. The minimum absolute atomic E-state index is 0.274. The van der Waals surface area contributed by atoms with Gasteiger partial charge in [-0.1, -0.05) is 40.2 Å². The molecular formula is C17H18BrFO. The van der Waals surface area contributed by atoms with Crippen molar-refractivity contribution in [3.05, 3.63) is 68.9 Å². The normalized spacial score (nSPS) is 12.4. The quantitative estimate of drug-likeness (QED) is 0.879. The Balaban J connectivity index is 2.04. The fourth-order valence-corrected chi connectivity index (χ4v) is 2.73. The summed E-state index contributed by atoms with van der Waals surface area (Å²) < 4.78 is 13.7. The molecule has 0 fully saturated rings. The van der Waals surface area contributed by atoms with Crippen molar-refractivity contribution in [2.45, 2.75) is 32.8 Å². The fourth-order valence-electron chi connectivity index (χ4n) is 2.22. The van der Waals surface area contributed by atoms with E-state index in [-0.39, 0.29) is 5.82 Å². The zero-order valence-corrected chi connectivity index (χ0v) is 13.2. The van der Waals surface area contributed by atoms with Crippen LogP contribution in [0.15, 0.2) is 40.9 Å². The van der Waals surface area contributed by atoms with E-state index in [1.807, 2.05) is 6.07 Å². The number of benzene rings is 2. The van der Waals surface area contributed by atoms with Crippen LogP contribution < -0.4 is 0 Å². The van der Waals surface area contributed by atoms with Crippen LogP contribution in [0.25, 0.3) is 0 Å². The fraction of sp³-hybridized carbons (Fsp3) is 0.294. The highest BCUT2D eigenvalue weighted by Crippen LogP contribution is 2.21. The summed E-state index contributed by atoms with van der Waals surface area (Å²) in [6.07, 6.45) is 0.637. The van der Waals surface area contributed by atoms with E-state index in [1.54, 1.807) is 6.07 Å². The third-order valence-corrected chi connectivity index (χ3v) is 4.25.